The summed E-state index contributed by atoms with van der Waals surface area (Å²) in [7, 11) is 4.72. The predicted octanol–water partition coefficient (Wildman–Crippen LogP) is 6.24. The molecule has 40 heavy (non-hydrogen) atoms. The summed E-state index contributed by atoms with van der Waals surface area (Å²) in [5, 5.41) is 10.4. The number of methoxy groups -OCH3 is 2. The van der Waals surface area contributed by atoms with E-state index in [0.29, 0.717) is 56.9 Å². The molecule has 2 amide bonds. The number of pyridine rings is 1. The maximum atomic E-state index is 13.0. The predicted molar refractivity (Wildman–Crippen MR) is 154 cm³/mol. The highest BCUT2D eigenvalue weighted by atomic mass is 35.5. The van der Waals surface area contributed by atoms with E-state index in [1.165, 1.54) is 20.5 Å². The van der Waals surface area contributed by atoms with Crippen LogP contribution in [-0.2, 0) is 0 Å². The monoisotopic (exact) mass is 557 g/mol. The molecule has 0 unspecified atom stereocenters. The highest BCUT2D eigenvalue weighted by molar-refractivity contribution is 6.32. The smallest absolute Gasteiger partial charge is 0.323 e. The molecule has 0 saturated heterocycles. The molecule has 0 aliphatic rings. The standard InChI is InChI=1S/C28H24ClN7O4/c1-30-27-33-15-32-25(36-27)18-9-6-12-31-26(18)40-22-11-10-20(16-7-4-5-8-17(16)22)34-28(37)35-21-13-19(29)23(38-2)14-24(21)39-3/h4-15H,1-3H3,(H2,34,35,37)(H,30,32,33,36). The molecule has 0 radical (unpaired) electrons. The van der Waals surface area contributed by atoms with Crippen LogP contribution < -0.4 is 30.2 Å². The summed E-state index contributed by atoms with van der Waals surface area (Å²) >= 11 is 6.24. The second-order valence-corrected chi connectivity index (χ2v) is 8.67. The minimum absolute atomic E-state index is 0.322. The van der Waals surface area contributed by atoms with Crippen molar-refractivity contribution in [3.05, 3.63) is 78.2 Å². The number of hydrogen-bond donors (Lipinski definition) is 3. The van der Waals surface area contributed by atoms with Gasteiger partial charge in [0.05, 0.1) is 36.2 Å². The number of rotatable bonds is 8. The molecule has 0 spiro atoms. The van der Waals surface area contributed by atoms with Crippen molar-refractivity contribution in [3.63, 3.8) is 0 Å². The minimum atomic E-state index is -0.486. The van der Waals surface area contributed by atoms with Crippen LogP contribution in [0.5, 0.6) is 23.1 Å². The van der Waals surface area contributed by atoms with Gasteiger partial charge in [-0.2, -0.15) is 4.98 Å². The normalized spacial score (nSPS) is 10.6. The Labute approximate surface area is 234 Å². The van der Waals surface area contributed by atoms with Crippen molar-refractivity contribution >= 4 is 45.7 Å². The van der Waals surface area contributed by atoms with Crippen molar-refractivity contribution in [2.45, 2.75) is 0 Å². The molecular weight excluding hydrogens is 534 g/mol. The Morgan fingerprint density at radius 2 is 1.60 bits per heavy atom. The summed E-state index contributed by atoms with van der Waals surface area (Å²) in [6.45, 7) is 0. The van der Waals surface area contributed by atoms with E-state index in [-0.39, 0.29) is 0 Å². The Balaban J connectivity index is 1.43. The lowest BCUT2D eigenvalue weighted by Crippen LogP contribution is -2.20. The van der Waals surface area contributed by atoms with E-state index >= 15 is 0 Å². The van der Waals surface area contributed by atoms with Crippen LogP contribution in [0.4, 0.5) is 22.1 Å². The number of anilines is 3. The lowest BCUT2D eigenvalue weighted by atomic mass is 10.1. The number of carbonyl (C=O) groups is 1. The summed E-state index contributed by atoms with van der Waals surface area (Å²) in [5.41, 5.74) is 1.55. The lowest BCUT2D eigenvalue weighted by molar-refractivity contribution is 0.262. The quantitative estimate of drug-likeness (QED) is 0.203. The van der Waals surface area contributed by atoms with Gasteiger partial charge in [-0.25, -0.2) is 19.7 Å². The molecule has 0 aliphatic heterocycles. The molecular formula is C28H24ClN7O4. The number of fused-ring (bicyclic) bond motifs is 1. The number of halogens is 1. The first-order chi connectivity index (χ1) is 19.5. The van der Waals surface area contributed by atoms with Gasteiger partial charge >= 0.3 is 6.03 Å². The Hall–Kier alpha value is -5.16. The fourth-order valence-corrected chi connectivity index (χ4v) is 4.24. The van der Waals surface area contributed by atoms with Gasteiger partial charge in [-0.15, -0.1) is 0 Å². The van der Waals surface area contributed by atoms with Gasteiger partial charge in [0.25, 0.3) is 0 Å². The number of nitrogens with one attached hydrogen (secondary N) is 3. The summed E-state index contributed by atoms with van der Waals surface area (Å²) < 4.78 is 16.9. The number of aromatic nitrogens is 4. The van der Waals surface area contributed by atoms with Crippen LogP contribution in [-0.4, -0.2) is 47.2 Å². The van der Waals surface area contributed by atoms with Gasteiger partial charge in [0, 0.05) is 30.1 Å². The molecule has 11 nitrogen and oxygen atoms in total. The molecule has 0 bridgehead atoms. The first kappa shape index (κ1) is 26.4. The van der Waals surface area contributed by atoms with Crippen molar-refractivity contribution in [1.82, 2.24) is 19.9 Å². The van der Waals surface area contributed by atoms with Gasteiger partial charge in [0.15, 0.2) is 5.82 Å². The maximum absolute atomic E-state index is 13.0. The molecule has 0 atom stereocenters. The first-order valence-corrected chi connectivity index (χ1v) is 12.4. The number of benzene rings is 3. The Bertz CT molecular complexity index is 1700. The van der Waals surface area contributed by atoms with Crippen LogP contribution >= 0.6 is 11.6 Å². The van der Waals surface area contributed by atoms with Crippen LogP contribution in [0.25, 0.3) is 22.2 Å². The highest BCUT2D eigenvalue weighted by Gasteiger charge is 2.17. The number of nitrogens with zero attached hydrogens (tertiary/aromatic N) is 4. The zero-order chi connectivity index (χ0) is 28.1. The summed E-state index contributed by atoms with van der Waals surface area (Å²) in [6, 6.07) is 17.3. The highest BCUT2D eigenvalue weighted by Crippen LogP contribution is 2.38. The van der Waals surface area contributed by atoms with Crippen molar-refractivity contribution in [2.75, 3.05) is 37.2 Å². The molecule has 2 heterocycles. The van der Waals surface area contributed by atoms with Crippen LogP contribution in [0.2, 0.25) is 5.02 Å². The van der Waals surface area contributed by atoms with E-state index in [0.717, 1.165) is 10.8 Å². The van der Waals surface area contributed by atoms with Crippen LogP contribution in [0, 0.1) is 0 Å². The third-order valence-electron chi connectivity index (χ3n) is 5.87. The number of ether oxygens (including phenoxy) is 3. The van der Waals surface area contributed by atoms with E-state index in [4.69, 9.17) is 25.8 Å². The molecule has 202 valence electrons. The SMILES string of the molecule is CNc1ncnc(-c2cccnc2Oc2ccc(NC(=O)Nc3cc(Cl)c(OC)cc3OC)c3ccccc23)n1. The van der Waals surface area contributed by atoms with Gasteiger partial charge in [0.2, 0.25) is 11.8 Å². The van der Waals surface area contributed by atoms with Gasteiger partial charge < -0.3 is 30.2 Å². The number of hydrogen-bond acceptors (Lipinski definition) is 9. The third-order valence-corrected chi connectivity index (χ3v) is 6.16. The summed E-state index contributed by atoms with van der Waals surface area (Å²) in [4.78, 5) is 30.1. The molecule has 5 aromatic rings. The molecule has 12 heteroatoms. The Morgan fingerprint density at radius 1 is 0.825 bits per heavy atom. The van der Waals surface area contributed by atoms with Crippen molar-refractivity contribution in [2.24, 2.45) is 0 Å². The molecule has 3 aromatic carbocycles. The first-order valence-electron chi connectivity index (χ1n) is 12.0. The van der Waals surface area contributed by atoms with Crippen LogP contribution in [0.15, 0.2) is 73.2 Å². The van der Waals surface area contributed by atoms with Crippen molar-refractivity contribution in [3.8, 4) is 34.5 Å². The summed E-state index contributed by atoms with van der Waals surface area (Å²) in [6.07, 6.45) is 3.04. The molecule has 0 saturated carbocycles. The largest absolute Gasteiger partial charge is 0.495 e. The van der Waals surface area contributed by atoms with Crippen molar-refractivity contribution < 1.29 is 19.0 Å². The van der Waals surface area contributed by atoms with Gasteiger partial charge in [0.1, 0.15) is 23.6 Å². The Kier molecular flexibility index (Phi) is 7.74. The second kappa shape index (κ2) is 11.7. The zero-order valence-corrected chi connectivity index (χ0v) is 22.5. The third kappa shape index (κ3) is 5.49. The van der Waals surface area contributed by atoms with Gasteiger partial charge in [-0.1, -0.05) is 35.9 Å². The number of carbonyl (C=O) groups excluding carboxylic acids is 1. The summed E-state index contributed by atoms with van der Waals surface area (Å²) in [5.74, 6) is 2.52. The number of urea groups is 1. The Morgan fingerprint density at radius 3 is 2.38 bits per heavy atom. The van der Waals surface area contributed by atoms with Gasteiger partial charge in [-0.3, -0.25) is 0 Å². The fourth-order valence-electron chi connectivity index (χ4n) is 4.00. The van der Waals surface area contributed by atoms with Crippen LogP contribution in [0.3, 0.4) is 0 Å². The van der Waals surface area contributed by atoms with E-state index < -0.39 is 6.03 Å². The van der Waals surface area contributed by atoms with E-state index in [9.17, 15) is 4.79 Å². The molecule has 2 aromatic heterocycles. The second-order valence-electron chi connectivity index (χ2n) is 8.26. The number of amides is 2. The van der Waals surface area contributed by atoms with E-state index in [1.54, 1.807) is 43.6 Å². The van der Waals surface area contributed by atoms with Gasteiger partial charge in [-0.05, 0) is 30.3 Å². The average molecular weight is 558 g/mol. The molecule has 0 aliphatic carbocycles. The fraction of sp³-hybridized carbons (Fsp3) is 0.107. The molecule has 5 rings (SSSR count). The maximum Gasteiger partial charge on any atom is 0.323 e. The zero-order valence-electron chi connectivity index (χ0n) is 21.7. The van der Waals surface area contributed by atoms with Crippen molar-refractivity contribution in [1.29, 1.82) is 0 Å². The van der Waals surface area contributed by atoms with Crippen LogP contribution in [0.1, 0.15) is 0 Å². The van der Waals surface area contributed by atoms with E-state index in [1.807, 2.05) is 30.3 Å². The average Bonchev–Trinajstić information content (AvgIpc) is 2.99. The topological polar surface area (TPSA) is 132 Å². The minimum Gasteiger partial charge on any atom is -0.495 e. The van der Waals surface area contributed by atoms with E-state index in [2.05, 4.69) is 35.9 Å². The lowest BCUT2D eigenvalue weighted by Gasteiger charge is -2.16. The molecule has 3 N–H and O–H groups in total. The molecule has 0 fully saturated rings.